The van der Waals surface area contributed by atoms with Crippen LogP contribution in [0.3, 0.4) is 0 Å². The molecule has 2 aromatic heterocycles. The molecule has 0 bridgehead atoms. The molecule has 0 unspecified atom stereocenters. The van der Waals surface area contributed by atoms with E-state index in [0.29, 0.717) is 12.5 Å². The van der Waals surface area contributed by atoms with Crippen LogP contribution in [0.2, 0.25) is 0 Å². The Bertz CT molecular complexity index is 523. The fourth-order valence-corrected chi connectivity index (χ4v) is 2.22. The lowest BCUT2D eigenvalue weighted by molar-refractivity contribution is 1.02. The second-order valence-electron chi connectivity index (χ2n) is 3.99. The van der Waals surface area contributed by atoms with Crippen molar-refractivity contribution < 1.29 is 0 Å². The van der Waals surface area contributed by atoms with Crippen LogP contribution in [0.5, 0.6) is 0 Å². The van der Waals surface area contributed by atoms with Crippen LogP contribution in [0.4, 0.5) is 11.8 Å². The lowest BCUT2D eigenvalue weighted by Gasteiger charge is -2.09. The quantitative estimate of drug-likeness (QED) is 0.868. The molecule has 0 saturated heterocycles. The molecule has 2 rings (SSSR count). The van der Waals surface area contributed by atoms with Crippen LogP contribution in [0.15, 0.2) is 11.6 Å². The second-order valence-corrected chi connectivity index (χ2v) is 4.93. The van der Waals surface area contributed by atoms with Crippen LogP contribution in [0, 0.1) is 13.8 Å². The van der Waals surface area contributed by atoms with E-state index in [1.165, 1.54) is 0 Å². The number of hydrogen-bond acceptors (Lipinski definition) is 6. The molecule has 0 spiro atoms. The largest absolute Gasteiger partial charge is 0.363 e. The fraction of sp³-hybridized carbons (Fsp3) is 0.417. The van der Waals surface area contributed by atoms with Crippen molar-refractivity contribution in [1.82, 2.24) is 15.0 Å². The smallest absolute Gasteiger partial charge is 0.224 e. The standard InChI is InChI=1S/C12H17N5S/c1-4-13-12-15-5-8(2)11(17-12)14-6-10-16-9(3)7-18-10/h5,7H,4,6H2,1-3H3,(H2,13,14,15,17). The highest BCUT2D eigenvalue weighted by atomic mass is 32.1. The summed E-state index contributed by atoms with van der Waals surface area (Å²) in [7, 11) is 0. The first-order valence-corrected chi connectivity index (χ1v) is 6.79. The second kappa shape index (κ2) is 5.77. The van der Waals surface area contributed by atoms with Gasteiger partial charge in [0, 0.05) is 29.4 Å². The van der Waals surface area contributed by atoms with Gasteiger partial charge in [0.2, 0.25) is 5.95 Å². The van der Waals surface area contributed by atoms with Gasteiger partial charge in [-0.15, -0.1) is 11.3 Å². The number of thiazole rings is 1. The zero-order valence-electron chi connectivity index (χ0n) is 10.8. The number of anilines is 2. The van der Waals surface area contributed by atoms with Gasteiger partial charge in [0.1, 0.15) is 10.8 Å². The van der Waals surface area contributed by atoms with Crippen LogP contribution in [0.25, 0.3) is 0 Å². The van der Waals surface area contributed by atoms with Crippen molar-refractivity contribution in [2.45, 2.75) is 27.3 Å². The van der Waals surface area contributed by atoms with E-state index < -0.39 is 0 Å². The van der Waals surface area contributed by atoms with Gasteiger partial charge in [-0.3, -0.25) is 0 Å². The Hall–Kier alpha value is -1.69. The summed E-state index contributed by atoms with van der Waals surface area (Å²) >= 11 is 1.66. The third-order valence-electron chi connectivity index (χ3n) is 2.38. The van der Waals surface area contributed by atoms with E-state index in [1.807, 2.05) is 32.3 Å². The first kappa shape index (κ1) is 12.8. The Morgan fingerprint density at radius 3 is 2.72 bits per heavy atom. The van der Waals surface area contributed by atoms with Gasteiger partial charge in [0.05, 0.1) is 6.54 Å². The Kier molecular flexibility index (Phi) is 4.09. The Balaban J connectivity index is 2.05. The maximum Gasteiger partial charge on any atom is 0.224 e. The molecule has 2 heterocycles. The molecule has 0 aliphatic heterocycles. The number of aromatic nitrogens is 3. The lowest BCUT2D eigenvalue weighted by atomic mass is 10.3. The summed E-state index contributed by atoms with van der Waals surface area (Å²) in [6, 6.07) is 0. The number of nitrogens with one attached hydrogen (secondary N) is 2. The summed E-state index contributed by atoms with van der Waals surface area (Å²) in [4.78, 5) is 13.1. The molecule has 6 heteroatoms. The molecule has 2 aromatic rings. The van der Waals surface area contributed by atoms with Gasteiger partial charge in [-0.2, -0.15) is 4.98 Å². The molecular weight excluding hydrogens is 246 g/mol. The van der Waals surface area contributed by atoms with Gasteiger partial charge in [0.15, 0.2) is 0 Å². The summed E-state index contributed by atoms with van der Waals surface area (Å²) in [6.07, 6.45) is 1.82. The average Bonchev–Trinajstić information content (AvgIpc) is 2.76. The number of hydrogen-bond donors (Lipinski definition) is 2. The highest BCUT2D eigenvalue weighted by molar-refractivity contribution is 7.09. The van der Waals surface area contributed by atoms with Crippen LogP contribution in [-0.4, -0.2) is 21.5 Å². The first-order valence-electron chi connectivity index (χ1n) is 5.91. The molecule has 2 N–H and O–H groups in total. The molecule has 0 amide bonds. The van der Waals surface area contributed by atoms with Gasteiger partial charge in [-0.05, 0) is 20.8 Å². The maximum atomic E-state index is 4.43. The van der Waals surface area contributed by atoms with Gasteiger partial charge in [0.25, 0.3) is 0 Å². The van der Waals surface area contributed by atoms with Gasteiger partial charge in [-0.25, -0.2) is 9.97 Å². The highest BCUT2D eigenvalue weighted by Gasteiger charge is 2.04. The van der Waals surface area contributed by atoms with Crippen molar-refractivity contribution in [3.8, 4) is 0 Å². The normalized spacial score (nSPS) is 10.4. The molecule has 0 radical (unpaired) electrons. The molecular formula is C12H17N5S. The van der Waals surface area contributed by atoms with Crippen LogP contribution in [0.1, 0.15) is 23.2 Å². The average molecular weight is 263 g/mol. The van der Waals surface area contributed by atoms with Crippen molar-refractivity contribution >= 4 is 23.1 Å². The highest BCUT2D eigenvalue weighted by Crippen LogP contribution is 2.15. The maximum absolute atomic E-state index is 4.43. The van der Waals surface area contributed by atoms with E-state index in [-0.39, 0.29) is 0 Å². The van der Waals surface area contributed by atoms with Crippen molar-refractivity contribution in [2.75, 3.05) is 17.2 Å². The molecule has 18 heavy (non-hydrogen) atoms. The number of aryl methyl sites for hydroxylation is 2. The Labute approximate surface area is 111 Å². The van der Waals surface area contributed by atoms with E-state index in [1.54, 1.807) is 11.3 Å². The topological polar surface area (TPSA) is 62.7 Å². The summed E-state index contributed by atoms with van der Waals surface area (Å²) < 4.78 is 0. The molecule has 0 aromatic carbocycles. The zero-order valence-corrected chi connectivity index (χ0v) is 11.6. The summed E-state index contributed by atoms with van der Waals surface area (Å²) in [5.41, 5.74) is 2.09. The third-order valence-corrected chi connectivity index (χ3v) is 3.35. The van der Waals surface area contributed by atoms with Crippen molar-refractivity contribution in [2.24, 2.45) is 0 Å². The SMILES string of the molecule is CCNc1ncc(C)c(NCc2nc(C)cs2)n1. The summed E-state index contributed by atoms with van der Waals surface area (Å²) in [6.45, 7) is 7.52. The first-order chi connectivity index (χ1) is 8.69. The minimum atomic E-state index is 0.654. The molecule has 0 fully saturated rings. The van der Waals surface area contributed by atoms with E-state index in [4.69, 9.17) is 0 Å². The van der Waals surface area contributed by atoms with E-state index in [2.05, 4.69) is 25.6 Å². The minimum Gasteiger partial charge on any atom is -0.363 e. The van der Waals surface area contributed by atoms with Gasteiger partial charge >= 0.3 is 0 Å². The van der Waals surface area contributed by atoms with Crippen LogP contribution >= 0.6 is 11.3 Å². The summed E-state index contributed by atoms with van der Waals surface area (Å²) in [5.74, 6) is 1.51. The van der Waals surface area contributed by atoms with E-state index >= 15 is 0 Å². The lowest BCUT2D eigenvalue weighted by Crippen LogP contribution is -2.07. The molecule has 96 valence electrons. The van der Waals surface area contributed by atoms with Gasteiger partial charge in [-0.1, -0.05) is 0 Å². The molecule has 0 atom stereocenters. The Morgan fingerprint density at radius 1 is 1.22 bits per heavy atom. The van der Waals surface area contributed by atoms with Crippen LogP contribution < -0.4 is 10.6 Å². The van der Waals surface area contributed by atoms with E-state index in [0.717, 1.165) is 28.6 Å². The van der Waals surface area contributed by atoms with Crippen molar-refractivity contribution in [3.05, 3.63) is 27.8 Å². The Morgan fingerprint density at radius 2 is 2.06 bits per heavy atom. The number of rotatable bonds is 5. The number of nitrogens with zero attached hydrogens (tertiary/aromatic N) is 3. The van der Waals surface area contributed by atoms with Crippen LogP contribution in [-0.2, 0) is 6.54 Å². The molecule has 0 aliphatic rings. The predicted molar refractivity (Wildman–Crippen MR) is 75.1 cm³/mol. The third kappa shape index (κ3) is 3.16. The predicted octanol–water partition coefficient (Wildman–Crippen LogP) is 2.59. The van der Waals surface area contributed by atoms with Gasteiger partial charge < -0.3 is 10.6 Å². The molecule has 5 nitrogen and oxygen atoms in total. The fourth-order valence-electron chi connectivity index (χ4n) is 1.51. The summed E-state index contributed by atoms with van der Waals surface area (Å²) in [5, 5.41) is 9.52. The monoisotopic (exact) mass is 263 g/mol. The molecule has 0 saturated carbocycles. The van der Waals surface area contributed by atoms with Crippen molar-refractivity contribution in [3.63, 3.8) is 0 Å². The zero-order chi connectivity index (χ0) is 13.0. The van der Waals surface area contributed by atoms with E-state index in [9.17, 15) is 0 Å². The minimum absolute atomic E-state index is 0.654. The molecule has 0 aliphatic carbocycles. The van der Waals surface area contributed by atoms with Crippen molar-refractivity contribution in [1.29, 1.82) is 0 Å².